The fourth-order valence-electron chi connectivity index (χ4n) is 1.59. The predicted molar refractivity (Wildman–Crippen MR) is 79.5 cm³/mol. The third-order valence-electron chi connectivity index (χ3n) is 2.69. The SMILES string of the molecule is CC(Sc1nc(N)cc(=O)[nH]1)C(=O)Nc1ccc(F)c(F)c1F. The fraction of sp³-hybridized carbons (Fsp3) is 0.154. The van der Waals surface area contributed by atoms with Gasteiger partial charge in [0.15, 0.2) is 22.6 Å². The van der Waals surface area contributed by atoms with Gasteiger partial charge in [0.1, 0.15) is 5.82 Å². The topological polar surface area (TPSA) is 101 Å². The molecule has 0 fully saturated rings. The Balaban J connectivity index is 2.11. The maximum absolute atomic E-state index is 13.5. The lowest BCUT2D eigenvalue weighted by Gasteiger charge is -2.12. The molecule has 1 amide bonds. The molecule has 0 aliphatic rings. The van der Waals surface area contributed by atoms with Crippen LogP contribution in [0.1, 0.15) is 6.92 Å². The number of thioether (sulfide) groups is 1. The van der Waals surface area contributed by atoms with Crippen molar-refractivity contribution >= 4 is 29.2 Å². The van der Waals surface area contributed by atoms with Gasteiger partial charge in [0, 0.05) is 6.07 Å². The van der Waals surface area contributed by atoms with Crippen LogP contribution in [0.15, 0.2) is 28.2 Å². The van der Waals surface area contributed by atoms with Crippen molar-refractivity contribution < 1.29 is 18.0 Å². The summed E-state index contributed by atoms with van der Waals surface area (Å²) in [7, 11) is 0. The molecule has 2 rings (SSSR count). The van der Waals surface area contributed by atoms with Gasteiger partial charge in [-0.1, -0.05) is 11.8 Å². The van der Waals surface area contributed by atoms with E-state index in [2.05, 4.69) is 15.3 Å². The molecule has 1 heterocycles. The Kier molecular flexibility index (Phi) is 4.94. The highest BCUT2D eigenvalue weighted by molar-refractivity contribution is 8.00. The van der Waals surface area contributed by atoms with Crippen LogP contribution in [-0.2, 0) is 4.79 Å². The summed E-state index contributed by atoms with van der Waals surface area (Å²) in [5.74, 6) is -5.24. The zero-order chi connectivity index (χ0) is 17.1. The molecular formula is C13H11F3N4O2S. The van der Waals surface area contributed by atoms with E-state index in [0.717, 1.165) is 23.9 Å². The molecule has 1 aromatic heterocycles. The number of carbonyl (C=O) groups is 1. The number of anilines is 2. The van der Waals surface area contributed by atoms with Crippen molar-refractivity contribution in [2.45, 2.75) is 17.3 Å². The van der Waals surface area contributed by atoms with Crippen LogP contribution in [0.3, 0.4) is 0 Å². The third-order valence-corrected chi connectivity index (χ3v) is 3.67. The van der Waals surface area contributed by atoms with Crippen molar-refractivity contribution in [3.63, 3.8) is 0 Å². The van der Waals surface area contributed by atoms with E-state index < -0.39 is 39.9 Å². The minimum Gasteiger partial charge on any atom is -0.383 e. The van der Waals surface area contributed by atoms with Crippen LogP contribution in [0.25, 0.3) is 0 Å². The maximum atomic E-state index is 13.5. The number of aromatic amines is 1. The van der Waals surface area contributed by atoms with Gasteiger partial charge in [-0.05, 0) is 19.1 Å². The summed E-state index contributed by atoms with van der Waals surface area (Å²) in [5, 5.41) is 1.42. The first-order valence-corrected chi connectivity index (χ1v) is 7.13. The van der Waals surface area contributed by atoms with E-state index in [4.69, 9.17) is 5.73 Å². The third kappa shape index (κ3) is 4.03. The van der Waals surface area contributed by atoms with E-state index in [1.54, 1.807) is 0 Å². The number of nitrogens with one attached hydrogen (secondary N) is 2. The van der Waals surface area contributed by atoms with Gasteiger partial charge >= 0.3 is 0 Å². The Labute approximate surface area is 132 Å². The van der Waals surface area contributed by atoms with Gasteiger partial charge in [-0.15, -0.1) is 0 Å². The molecule has 0 aliphatic heterocycles. The minimum absolute atomic E-state index is 0.0180. The van der Waals surface area contributed by atoms with Gasteiger partial charge in [0.05, 0.1) is 10.9 Å². The highest BCUT2D eigenvalue weighted by atomic mass is 32.2. The van der Waals surface area contributed by atoms with E-state index in [-0.39, 0.29) is 11.0 Å². The molecule has 2 aromatic rings. The quantitative estimate of drug-likeness (QED) is 0.447. The molecule has 0 aliphatic carbocycles. The number of carbonyl (C=O) groups excluding carboxylic acids is 1. The second-order valence-electron chi connectivity index (χ2n) is 4.45. The molecule has 1 unspecified atom stereocenters. The van der Waals surface area contributed by atoms with Crippen LogP contribution in [0.5, 0.6) is 0 Å². The fourth-order valence-corrected chi connectivity index (χ4v) is 2.41. The van der Waals surface area contributed by atoms with Crippen LogP contribution in [0, 0.1) is 17.5 Å². The molecule has 0 radical (unpaired) electrons. The second-order valence-corrected chi connectivity index (χ2v) is 5.78. The molecule has 0 saturated carbocycles. The summed E-state index contributed by atoms with van der Waals surface area (Å²) < 4.78 is 39.4. The average Bonchev–Trinajstić information content (AvgIpc) is 2.46. The Morgan fingerprint density at radius 3 is 2.70 bits per heavy atom. The van der Waals surface area contributed by atoms with Gasteiger partial charge in [0.25, 0.3) is 5.56 Å². The minimum atomic E-state index is -1.68. The van der Waals surface area contributed by atoms with Crippen molar-refractivity contribution in [1.29, 1.82) is 0 Å². The van der Waals surface area contributed by atoms with Crippen LogP contribution in [-0.4, -0.2) is 21.1 Å². The lowest BCUT2D eigenvalue weighted by atomic mass is 10.2. The number of aromatic nitrogens is 2. The Hall–Kier alpha value is -2.49. The van der Waals surface area contributed by atoms with Gasteiger partial charge in [-0.2, -0.15) is 0 Å². The number of nitrogens with two attached hydrogens (primary N) is 1. The molecule has 0 saturated heterocycles. The van der Waals surface area contributed by atoms with Crippen LogP contribution >= 0.6 is 11.8 Å². The first-order chi connectivity index (χ1) is 10.8. The van der Waals surface area contributed by atoms with Crippen molar-refractivity contribution in [2.75, 3.05) is 11.1 Å². The summed E-state index contributed by atoms with van der Waals surface area (Å²) in [6.45, 7) is 1.46. The van der Waals surface area contributed by atoms with Gasteiger partial charge < -0.3 is 16.0 Å². The summed E-state index contributed by atoms with van der Waals surface area (Å²) in [6.07, 6.45) is 0. The standard InChI is InChI=1S/C13H11F3N4O2S/c1-5(23-13-19-8(17)4-9(21)20-13)12(22)18-7-3-2-6(14)10(15)11(7)16/h2-5H,1H3,(H,18,22)(H3,17,19,20,21). The van der Waals surface area contributed by atoms with Crippen LogP contribution in [0.2, 0.25) is 0 Å². The molecular weight excluding hydrogens is 333 g/mol. The molecule has 0 bridgehead atoms. The lowest BCUT2D eigenvalue weighted by Crippen LogP contribution is -2.24. The van der Waals surface area contributed by atoms with Crippen molar-refractivity contribution in [1.82, 2.24) is 9.97 Å². The zero-order valence-corrected chi connectivity index (χ0v) is 12.5. The van der Waals surface area contributed by atoms with Crippen molar-refractivity contribution in [3.05, 3.63) is 46.0 Å². The summed E-state index contributed by atoms with van der Waals surface area (Å²) >= 11 is 0.863. The number of H-pyrrole nitrogens is 1. The Bertz CT molecular complexity index is 812. The summed E-state index contributed by atoms with van der Waals surface area (Å²) in [5.41, 5.74) is 4.44. The summed E-state index contributed by atoms with van der Waals surface area (Å²) in [6, 6.07) is 2.68. The van der Waals surface area contributed by atoms with E-state index >= 15 is 0 Å². The molecule has 23 heavy (non-hydrogen) atoms. The second kappa shape index (κ2) is 6.73. The molecule has 122 valence electrons. The smallest absolute Gasteiger partial charge is 0.253 e. The number of rotatable bonds is 4. The first kappa shape index (κ1) is 16.9. The molecule has 1 aromatic carbocycles. The van der Waals surface area contributed by atoms with E-state index in [9.17, 15) is 22.8 Å². The number of nitrogen functional groups attached to an aromatic ring is 1. The number of nitrogens with zero attached hydrogens (tertiary/aromatic N) is 1. The lowest BCUT2D eigenvalue weighted by molar-refractivity contribution is -0.115. The number of halogens is 3. The van der Waals surface area contributed by atoms with Gasteiger partial charge in [0.2, 0.25) is 5.91 Å². The van der Waals surface area contributed by atoms with Crippen LogP contribution < -0.4 is 16.6 Å². The van der Waals surface area contributed by atoms with E-state index in [1.807, 2.05) is 0 Å². The highest BCUT2D eigenvalue weighted by Crippen LogP contribution is 2.23. The largest absolute Gasteiger partial charge is 0.383 e. The molecule has 4 N–H and O–H groups in total. The Morgan fingerprint density at radius 1 is 1.35 bits per heavy atom. The molecule has 1 atom stereocenters. The monoisotopic (exact) mass is 344 g/mol. The molecule has 10 heteroatoms. The first-order valence-electron chi connectivity index (χ1n) is 6.25. The average molecular weight is 344 g/mol. The van der Waals surface area contributed by atoms with E-state index in [0.29, 0.717) is 6.07 Å². The predicted octanol–water partition coefficient (Wildman–Crippen LogP) is 1.89. The van der Waals surface area contributed by atoms with Crippen molar-refractivity contribution in [2.24, 2.45) is 0 Å². The van der Waals surface area contributed by atoms with Gasteiger partial charge in [-0.3, -0.25) is 9.59 Å². The maximum Gasteiger partial charge on any atom is 0.253 e. The number of benzene rings is 1. The van der Waals surface area contributed by atoms with Crippen LogP contribution in [0.4, 0.5) is 24.7 Å². The normalized spacial score (nSPS) is 12.0. The van der Waals surface area contributed by atoms with Crippen molar-refractivity contribution in [3.8, 4) is 0 Å². The zero-order valence-electron chi connectivity index (χ0n) is 11.7. The highest BCUT2D eigenvalue weighted by Gasteiger charge is 2.20. The number of amides is 1. The number of hydrogen-bond donors (Lipinski definition) is 3. The van der Waals surface area contributed by atoms with Gasteiger partial charge in [-0.25, -0.2) is 18.2 Å². The number of hydrogen-bond acceptors (Lipinski definition) is 5. The van der Waals surface area contributed by atoms with E-state index in [1.165, 1.54) is 6.92 Å². The molecule has 0 spiro atoms. The summed E-state index contributed by atoms with van der Waals surface area (Å²) in [4.78, 5) is 29.4. The Morgan fingerprint density at radius 2 is 2.04 bits per heavy atom. The molecule has 6 nitrogen and oxygen atoms in total.